The second kappa shape index (κ2) is 8.35. The number of carbonyl (C=O) groups is 1. The number of hydrogen-bond donors (Lipinski definition) is 0. The lowest BCUT2D eigenvalue weighted by atomic mass is 10.2. The minimum absolute atomic E-state index is 0.116. The van der Waals surface area contributed by atoms with Gasteiger partial charge in [-0.3, -0.25) is 4.79 Å². The van der Waals surface area contributed by atoms with Crippen LogP contribution in [-0.2, 0) is 23.1 Å². The summed E-state index contributed by atoms with van der Waals surface area (Å²) in [5.74, 6) is -0.187. The van der Waals surface area contributed by atoms with E-state index in [0.29, 0.717) is 18.7 Å². The van der Waals surface area contributed by atoms with Crippen LogP contribution in [0.15, 0.2) is 64.2 Å². The minimum atomic E-state index is -3.59. The second-order valence-corrected chi connectivity index (χ2v) is 10.4. The molecule has 2 aromatic heterocycles. The number of sulfonamides is 1. The van der Waals surface area contributed by atoms with Crippen molar-refractivity contribution in [2.24, 2.45) is 0 Å². The second-order valence-electron chi connectivity index (χ2n) is 6.14. The van der Waals surface area contributed by atoms with Crippen molar-refractivity contribution >= 4 is 38.6 Å². The SMILES string of the molecule is CN(C)S(=O)(=O)c1cccc(C(=O)N(Cc2cccs2)Cc2cccs2)c1. The zero-order valence-corrected chi connectivity index (χ0v) is 17.5. The molecule has 0 saturated heterocycles. The predicted molar refractivity (Wildman–Crippen MR) is 110 cm³/mol. The van der Waals surface area contributed by atoms with Gasteiger partial charge in [-0.15, -0.1) is 22.7 Å². The van der Waals surface area contributed by atoms with Gasteiger partial charge in [-0.05, 0) is 41.1 Å². The number of benzene rings is 1. The molecule has 2 heterocycles. The maximum atomic E-state index is 13.2. The van der Waals surface area contributed by atoms with E-state index in [4.69, 9.17) is 0 Å². The highest BCUT2D eigenvalue weighted by Crippen LogP contribution is 2.21. The molecule has 27 heavy (non-hydrogen) atoms. The summed E-state index contributed by atoms with van der Waals surface area (Å²) in [4.78, 5) is 17.2. The molecule has 0 atom stereocenters. The molecule has 8 heteroatoms. The third-order valence-corrected chi connectivity index (χ3v) is 7.53. The van der Waals surface area contributed by atoms with Crippen LogP contribution in [0.25, 0.3) is 0 Å². The summed E-state index contributed by atoms with van der Waals surface area (Å²) >= 11 is 3.19. The maximum Gasteiger partial charge on any atom is 0.254 e. The first-order chi connectivity index (χ1) is 12.9. The van der Waals surface area contributed by atoms with Crippen LogP contribution in [0.5, 0.6) is 0 Å². The van der Waals surface area contributed by atoms with Crippen molar-refractivity contribution < 1.29 is 13.2 Å². The molecule has 0 aliphatic heterocycles. The van der Waals surface area contributed by atoms with Gasteiger partial charge in [0.25, 0.3) is 5.91 Å². The smallest absolute Gasteiger partial charge is 0.254 e. The Kier molecular flexibility index (Phi) is 6.11. The van der Waals surface area contributed by atoms with E-state index < -0.39 is 10.0 Å². The molecular formula is C19H20N2O3S3. The Hall–Kier alpha value is -2.00. The normalized spacial score (nSPS) is 11.7. The van der Waals surface area contributed by atoms with E-state index in [0.717, 1.165) is 14.1 Å². The van der Waals surface area contributed by atoms with Crippen molar-refractivity contribution in [1.29, 1.82) is 0 Å². The standard InChI is InChI=1S/C19H20N2O3S3/c1-20(2)27(23,24)18-9-3-6-15(12-18)19(22)21(13-16-7-4-10-25-16)14-17-8-5-11-26-17/h3-12H,13-14H2,1-2H3. The van der Waals surface area contributed by atoms with E-state index in [1.54, 1.807) is 39.7 Å². The molecule has 0 aliphatic carbocycles. The van der Waals surface area contributed by atoms with Crippen molar-refractivity contribution in [2.75, 3.05) is 14.1 Å². The van der Waals surface area contributed by atoms with Crippen LogP contribution >= 0.6 is 22.7 Å². The lowest BCUT2D eigenvalue weighted by Crippen LogP contribution is -2.30. The number of carbonyl (C=O) groups excluding carboxylic acids is 1. The van der Waals surface area contributed by atoms with Crippen molar-refractivity contribution in [3.63, 3.8) is 0 Å². The molecule has 3 rings (SSSR count). The van der Waals surface area contributed by atoms with Crippen LogP contribution in [0.2, 0.25) is 0 Å². The number of nitrogens with zero attached hydrogens (tertiary/aromatic N) is 2. The Morgan fingerprint density at radius 3 is 2.00 bits per heavy atom. The summed E-state index contributed by atoms with van der Waals surface area (Å²) in [6.45, 7) is 0.970. The number of hydrogen-bond acceptors (Lipinski definition) is 5. The number of amides is 1. The topological polar surface area (TPSA) is 57.7 Å². The van der Waals surface area contributed by atoms with Gasteiger partial charge in [-0.25, -0.2) is 12.7 Å². The molecule has 0 aliphatic rings. The third kappa shape index (κ3) is 4.65. The van der Waals surface area contributed by atoms with Crippen molar-refractivity contribution in [3.8, 4) is 0 Å². The van der Waals surface area contributed by atoms with E-state index >= 15 is 0 Å². The quantitative estimate of drug-likeness (QED) is 0.582. The average Bonchev–Trinajstić information content (AvgIpc) is 3.34. The summed E-state index contributed by atoms with van der Waals surface area (Å²) in [6, 6.07) is 14.1. The van der Waals surface area contributed by atoms with Crippen LogP contribution in [0.3, 0.4) is 0 Å². The van der Waals surface area contributed by atoms with E-state index in [9.17, 15) is 13.2 Å². The van der Waals surface area contributed by atoms with Crippen molar-refractivity contribution in [3.05, 3.63) is 74.6 Å². The fourth-order valence-electron chi connectivity index (χ4n) is 2.56. The maximum absolute atomic E-state index is 13.2. The molecule has 1 aromatic carbocycles. The molecule has 0 saturated carbocycles. The molecule has 0 fully saturated rings. The van der Waals surface area contributed by atoms with Crippen molar-refractivity contribution in [2.45, 2.75) is 18.0 Å². The third-order valence-electron chi connectivity index (χ3n) is 4.00. The molecule has 0 N–H and O–H groups in total. The van der Waals surface area contributed by atoms with Crippen molar-refractivity contribution in [1.82, 2.24) is 9.21 Å². The van der Waals surface area contributed by atoms with Crippen LogP contribution in [0.4, 0.5) is 0 Å². The van der Waals surface area contributed by atoms with Gasteiger partial charge in [0.2, 0.25) is 10.0 Å². The Labute approximate surface area is 167 Å². The Bertz CT molecular complexity index is 959. The predicted octanol–water partition coefficient (Wildman–Crippen LogP) is 3.90. The molecule has 1 amide bonds. The van der Waals surface area contributed by atoms with E-state index in [1.807, 2.05) is 35.0 Å². The molecule has 3 aromatic rings. The highest BCUT2D eigenvalue weighted by Gasteiger charge is 2.22. The van der Waals surface area contributed by atoms with Crippen LogP contribution in [0.1, 0.15) is 20.1 Å². The van der Waals surface area contributed by atoms with Gasteiger partial charge in [-0.1, -0.05) is 18.2 Å². The largest absolute Gasteiger partial charge is 0.328 e. The number of thiophene rings is 2. The Balaban J connectivity index is 1.91. The first-order valence-corrected chi connectivity index (χ1v) is 11.4. The minimum Gasteiger partial charge on any atom is -0.328 e. The van der Waals surface area contributed by atoms with Gasteiger partial charge in [0, 0.05) is 29.4 Å². The zero-order chi connectivity index (χ0) is 19.4. The lowest BCUT2D eigenvalue weighted by molar-refractivity contribution is 0.0733. The molecular weight excluding hydrogens is 400 g/mol. The van der Waals surface area contributed by atoms with Gasteiger partial charge in [0.05, 0.1) is 18.0 Å². The van der Waals surface area contributed by atoms with Crippen LogP contribution < -0.4 is 0 Å². The highest BCUT2D eigenvalue weighted by molar-refractivity contribution is 7.89. The molecule has 142 valence electrons. The van der Waals surface area contributed by atoms with Gasteiger partial charge in [-0.2, -0.15) is 0 Å². The summed E-state index contributed by atoms with van der Waals surface area (Å²) in [5, 5.41) is 3.96. The van der Waals surface area contributed by atoms with Crippen LogP contribution in [-0.4, -0.2) is 37.6 Å². The summed E-state index contributed by atoms with van der Waals surface area (Å²) < 4.78 is 25.9. The van der Waals surface area contributed by atoms with Gasteiger partial charge in [0.15, 0.2) is 0 Å². The monoisotopic (exact) mass is 420 g/mol. The summed E-state index contributed by atoms with van der Waals surface area (Å²) in [7, 11) is -0.640. The summed E-state index contributed by atoms with van der Waals surface area (Å²) in [6.07, 6.45) is 0. The zero-order valence-electron chi connectivity index (χ0n) is 15.0. The van der Waals surface area contributed by atoms with Gasteiger partial charge in [0.1, 0.15) is 0 Å². The molecule has 5 nitrogen and oxygen atoms in total. The number of rotatable bonds is 7. The molecule has 0 radical (unpaired) electrons. The molecule has 0 unspecified atom stereocenters. The average molecular weight is 421 g/mol. The van der Waals surface area contributed by atoms with E-state index in [2.05, 4.69) is 0 Å². The fourth-order valence-corrected chi connectivity index (χ4v) is 4.95. The lowest BCUT2D eigenvalue weighted by Gasteiger charge is -2.22. The highest BCUT2D eigenvalue weighted by atomic mass is 32.2. The Morgan fingerprint density at radius 1 is 0.926 bits per heavy atom. The summed E-state index contributed by atoms with van der Waals surface area (Å²) in [5.41, 5.74) is 0.367. The molecule has 0 spiro atoms. The van der Waals surface area contributed by atoms with E-state index in [1.165, 1.54) is 26.2 Å². The fraction of sp³-hybridized carbons (Fsp3) is 0.211. The van der Waals surface area contributed by atoms with Gasteiger partial charge < -0.3 is 4.90 Å². The first kappa shape index (κ1) is 19.8. The molecule has 0 bridgehead atoms. The van der Waals surface area contributed by atoms with Crippen LogP contribution in [0, 0.1) is 0 Å². The van der Waals surface area contributed by atoms with E-state index in [-0.39, 0.29) is 10.8 Å². The Morgan fingerprint density at radius 2 is 1.52 bits per heavy atom. The van der Waals surface area contributed by atoms with Gasteiger partial charge >= 0.3 is 0 Å². The first-order valence-electron chi connectivity index (χ1n) is 8.24.